The van der Waals surface area contributed by atoms with Crippen LogP contribution in [0.4, 0.5) is 0 Å². The third-order valence-corrected chi connectivity index (χ3v) is 2.23. The van der Waals surface area contributed by atoms with Gasteiger partial charge < -0.3 is 15.0 Å². The van der Waals surface area contributed by atoms with Crippen LogP contribution < -0.4 is 10.5 Å². The van der Waals surface area contributed by atoms with Gasteiger partial charge in [-0.15, -0.1) is 0 Å². The van der Waals surface area contributed by atoms with E-state index >= 15 is 0 Å². The molecule has 3 heteroatoms. The van der Waals surface area contributed by atoms with Crippen LogP contribution in [0.5, 0.6) is 5.88 Å². The Hall–Kier alpha value is -0.960. The third kappa shape index (κ3) is 1.20. The molecule has 0 unspecified atom stereocenters. The van der Waals surface area contributed by atoms with E-state index in [0.29, 0.717) is 0 Å². The van der Waals surface area contributed by atoms with Gasteiger partial charge in [-0.25, -0.2) is 0 Å². The smallest absolute Gasteiger partial charge is 0.193 e. The molecule has 0 bridgehead atoms. The van der Waals surface area contributed by atoms with Gasteiger partial charge in [-0.3, -0.25) is 0 Å². The van der Waals surface area contributed by atoms with Crippen LogP contribution in [0.15, 0.2) is 12.1 Å². The second-order valence-corrected chi connectivity index (χ2v) is 3.06. The summed E-state index contributed by atoms with van der Waals surface area (Å²) < 4.78 is 7.62. The number of hydrogen-bond acceptors (Lipinski definition) is 2. The molecular formula is C9H14N2O. The molecule has 0 saturated carbocycles. The van der Waals surface area contributed by atoms with Crippen molar-refractivity contribution in [3.8, 4) is 5.88 Å². The largest absolute Gasteiger partial charge is 0.477 e. The van der Waals surface area contributed by atoms with E-state index in [1.807, 2.05) is 6.07 Å². The Balaban J connectivity index is 2.11. The first-order valence-electron chi connectivity index (χ1n) is 4.43. The molecule has 3 nitrogen and oxygen atoms in total. The van der Waals surface area contributed by atoms with E-state index in [9.17, 15) is 0 Å². The van der Waals surface area contributed by atoms with Gasteiger partial charge in [0.2, 0.25) is 0 Å². The number of hydrogen-bond donors (Lipinski definition) is 1. The zero-order valence-corrected chi connectivity index (χ0v) is 7.12. The zero-order chi connectivity index (χ0) is 8.39. The third-order valence-electron chi connectivity index (χ3n) is 2.23. The SMILES string of the molecule is NCCCc1ccc2n1CCO2. The van der Waals surface area contributed by atoms with Crippen LogP contribution in [0.1, 0.15) is 12.1 Å². The topological polar surface area (TPSA) is 40.2 Å². The fourth-order valence-corrected chi connectivity index (χ4v) is 1.61. The zero-order valence-electron chi connectivity index (χ0n) is 7.12. The van der Waals surface area contributed by atoms with Gasteiger partial charge in [-0.2, -0.15) is 0 Å². The summed E-state index contributed by atoms with van der Waals surface area (Å²) in [6.45, 7) is 2.59. The summed E-state index contributed by atoms with van der Waals surface area (Å²) in [7, 11) is 0. The molecule has 2 N–H and O–H groups in total. The predicted octanol–water partition coefficient (Wildman–Crippen LogP) is 0.772. The lowest BCUT2D eigenvalue weighted by molar-refractivity contribution is 0.357. The normalized spacial score (nSPS) is 14.4. The lowest BCUT2D eigenvalue weighted by Gasteiger charge is -2.01. The quantitative estimate of drug-likeness (QED) is 0.720. The van der Waals surface area contributed by atoms with E-state index in [0.717, 1.165) is 38.4 Å². The van der Waals surface area contributed by atoms with Crippen molar-refractivity contribution < 1.29 is 4.74 Å². The fourth-order valence-electron chi connectivity index (χ4n) is 1.61. The van der Waals surface area contributed by atoms with Gasteiger partial charge in [-0.05, 0) is 25.5 Å². The van der Waals surface area contributed by atoms with Gasteiger partial charge >= 0.3 is 0 Å². The molecule has 2 heterocycles. The number of ether oxygens (including phenoxy) is 1. The van der Waals surface area contributed by atoms with E-state index in [2.05, 4.69) is 10.6 Å². The summed E-state index contributed by atoms with van der Waals surface area (Å²) in [5, 5.41) is 0. The minimum Gasteiger partial charge on any atom is -0.477 e. The van der Waals surface area contributed by atoms with Crippen molar-refractivity contribution >= 4 is 0 Å². The van der Waals surface area contributed by atoms with Crippen molar-refractivity contribution in [1.29, 1.82) is 0 Å². The van der Waals surface area contributed by atoms with Gasteiger partial charge in [0.1, 0.15) is 6.61 Å². The Morgan fingerprint density at radius 2 is 2.42 bits per heavy atom. The first-order chi connectivity index (χ1) is 5.92. The van der Waals surface area contributed by atoms with Gasteiger partial charge in [0, 0.05) is 11.8 Å². The standard InChI is InChI=1S/C9H14N2O/c10-5-1-2-8-3-4-9-11(8)6-7-12-9/h3-4H,1-2,5-7,10H2. The maximum Gasteiger partial charge on any atom is 0.193 e. The Morgan fingerprint density at radius 3 is 3.25 bits per heavy atom. The Bertz CT molecular complexity index is 267. The average Bonchev–Trinajstić information content (AvgIpc) is 2.62. The molecule has 0 aliphatic carbocycles. The average molecular weight is 166 g/mol. The second-order valence-electron chi connectivity index (χ2n) is 3.06. The molecule has 0 atom stereocenters. The molecule has 0 saturated heterocycles. The van der Waals surface area contributed by atoms with Crippen LogP contribution in [-0.2, 0) is 13.0 Å². The Morgan fingerprint density at radius 1 is 1.50 bits per heavy atom. The first-order valence-corrected chi connectivity index (χ1v) is 4.43. The van der Waals surface area contributed by atoms with Crippen molar-refractivity contribution in [2.75, 3.05) is 13.2 Å². The van der Waals surface area contributed by atoms with Crippen LogP contribution in [0.2, 0.25) is 0 Å². The molecule has 2 rings (SSSR count). The summed E-state index contributed by atoms with van der Waals surface area (Å²) in [6, 6.07) is 4.17. The lowest BCUT2D eigenvalue weighted by Crippen LogP contribution is -2.04. The maximum absolute atomic E-state index is 5.45. The highest BCUT2D eigenvalue weighted by Crippen LogP contribution is 2.22. The van der Waals surface area contributed by atoms with Gasteiger partial charge in [-0.1, -0.05) is 0 Å². The van der Waals surface area contributed by atoms with Crippen molar-refractivity contribution in [1.82, 2.24) is 4.57 Å². The Kier molecular flexibility index (Phi) is 2.04. The minimum absolute atomic E-state index is 0.765. The molecule has 1 aliphatic rings. The van der Waals surface area contributed by atoms with Crippen LogP contribution in [0, 0.1) is 0 Å². The molecule has 0 amide bonds. The van der Waals surface area contributed by atoms with Gasteiger partial charge in [0.25, 0.3) is 0 Å². The number of nitrogens with two attached hydrogens (primary N) is 1. The molecule has 0 spiro atoms. The Labute approximate surface area is 72.1 Å². The summed E-state index contributed by atoms with van der Waals surface area (Å²) in [5.41, 5.74) is 6.80. The monoisotopic (exact) mass is 166 g/mol. The number of aromatic nitrogens is 1. The van der Waals surface area contributed by atoms with E-state index in [1.165, 1.54) is 5.69 Å². The summed E-state index contributed by atoms with van der Waals surface area (Å²) >= 11 is 0. The second kappa shape index (κ2) is 3.19. The molecule has 66 valence electrons. The van der Waals surface area contributed by atoms with Crippen LogP contribution in [-0.4, -0.2) is 17.7 Å². The molecule has 1 aromatic rings. The highest BCUT2D eigenvalue weighted by molar-refractivity contribution is 5.23. The van der Waals surface area contributed by atoms with Crippen molar-refractivity contribution in [2.24, 2.45) is 5.73 Å². The van der Waals surface area contributed by atoms with Crippen molar-refractivity contribution in [3.05, 3.63) is 17.8 Å². The molecule has 12 heavy (non-hydrogen) atoms. The van der Waals surface area contributed by atoms with Crippen molar-refractivity contribution in [3.63, 3.8) is 0 Å². The molecule has 0 aromatic carbocycles. The summed E-state index contributed by atoms with van der Waals surface area (Å²) in [6.07, 6.45) is 2.13. The lowest BCUT2D eigenvalue weighted by atomic mass is 10.2. The predicted molar refractivity (Wildman–Crippen MR) is 47.3 cm³/mol. The van der Waals surface area contributed by atoms with Crippen molar-refractivity contribution in [2.45, 2.75) is 19.4 Å². The molecule has 0 radical (unpaired) electrons. The molecular weight excluding hydrogens is 152 g/mol. The fraction of sp³-hybridized carbons (Fsp3) is 0.556. The van der Waals surface area contributed by atoms with E-state index in [-0.39, 0.29) is 0 Å². The van der Waals surface area contributed by atoms with E-state index in [1.54, 1.807) is 0 Å². The minimum atomic E-state index is 0.765. The molecule has 1 aliphatic heterocycles. The van der Waals surface area contributed by atoms with Crippen LogP contribution in [0.3, 0.4) is 0 Å². The molecule has 0 fully saturated rings. The van der Waals surface area contributed by atoms with Crippen LogP contribution in [0.25, 0.3) is 0 Å². The maximum atomic E-state index is 5.45. The number of fused-ring (bicyclic) bond motifs is 1. The highest BCUT2D eigenvalue weighted by Gasteiger charge is 2.13. The summed E-state index contributed by atoms with van der Waals surface area (Å²) in [4.78, 5) is 0. The highest BCUT2D eigenvalue weighted by atomic mass is 16.5. The molecule has 1 aromatic heterocycles. The summed E-state index contributed by atoms with van der Waals surface area (Å²) in [5.74, 6) is 1.02. The number of rotatable bonds is 3. The number of aryl methyl sites for hydroxylation is 1. The van der Waals surface area contributed by atoms with E-state index < -0.39 is 0 Å². The van der Waals surface area contributed by atoms with Gasteiger partial charge in [0.15, 0.2) is 5.88 Å². The van der Waals surface area contributed by atoms with E-state index in [4.69, 9.17) is 10.5 Å². The van der Waals surface area contributed by atoms with Gasteiger partial charge in [0.05, 0.1) is 6.54 Å². The number of nitrogens with zero attached hydrogens (tertiary/aromatic N) is 1. The van der Waals surface area contributed by atoms with Crippen LogP contribution >= 0.6 is 0 Å². The first kappa shape index (κ1) is 7.68.